The Hall–Kier alpha value is -3.29. The van der Waals surface area contributed by atoms with Crippen molar-refractivity contribution in [3.05, 3.63) is 47.4 Å². The highest BCUT2D eigenvalue weighted by molar-refractivity contribution is 6.01. The van der Waals surface area contributed by atoms with Crippen LogP contribution in [-0.2, 0) is 11.2 Å². The molecule has 0 radical (unpaired) electrons. The molecule has 0 spiro atoms. The molecule has 1 fully saturated rings. The van der Waals surface area contributed by atoms with Gasteiger partial charge in [0.25, 0.3) is 5.91 Å². The number of carboxylic acids is 1. The van der Waals surface area contributed by atoms with Crippen LogP contribution in [0.2, 0.25) is 0 Å². The fraction of sp³-hybridized carbons (Fsp3) is 0.350. The van der Waals surface area contributed by atoms with E-state index in [0.29, 0.717) is 25.3 Å². The summed E-state index contributed by atoms with van der Waals surface area (Å²) >= 11 is 0. The van der Waals surface area contributed by atoms with Gasteiger partial charge < -0.3 is 24.5 Å². The van der Waals surface area contributed by atoms with Crippen molar-refractivity contribution in [1.82, 2.24) is 4.90 Å². The van der Waals surface area contributed by atoms with E-state index in [2.05, 4.69) is 5.32 Å². The fourth-order valence-electron chi connectivity index (χ4n) is 3.64. The zero-order valence-electron chi connectivity index (χ0n) is 15.1. The number of carboxylic acid groups (broad SMARTS) is 1. The van der Waals surface area contributed by atoms with Gasteiger partial charge in [0, 0.05) is 24.7 Å². The average Bonchev–Trinajstić information content (AvgIpc) is 3.36. The second kappa shape index (κ2) is 7.38. The number of amides is 2. The molecule has 2 aliphatic heterocycles. The largest absolute Gasteiger partial charge is 0.493 e. The minimum Gasteiger partial charge on any atom is -0.493 e. The van der Waals surface area contributed by atoms with Crippen molar-refractivity contribution in [2.45, 2.75) is 31.7 Å². The SMILES string of the molecule is O=C(O)c1coc(C(=O)N2CCCCC2C(=O)Nc2ccc3c(c2)CCO3)c1. The van der Waals surface area contributed by atoms with Crippen LogP contribution >= 0.6 is 0 Å². The Kier molecular flexibility index (Phi) is 4.77. The average molecular weight is 384 g/mol. The number of rotatable bonds is 4. The molecule has 28 heavy (non-hydrogen) atoms. The van der Waals surface area contributed by atoms with Gasteiger partial charge in [-0.1, -0.05) is 0 Å². The summed E-state index contributed by atoms with van der Waals surface area (Å²) in [7, 11) is 0. The molecule has 1 aromatic heterocycles. The molecule has 146 valence electrons. The lowest BCUT2D eigenvalue weighted by atomic mass is 10.0. The molecule has 3 heterocycles. The quantitative estimate of drug-likeness (QED) is 0.838. The first-order chi connectivity index (χ1) is 13.5. The van der Waals surface area contributed by atoms with Gasteiger partial charge in [-0.05, 0) is 43.0 Å². The molecular formula is C20H20N2O6. The van der Waals surface area contributed by atoms with Crippen molar-refractivity contribution in [3.63, 3.8) is 0 Å². The number of piperidine rings is 1. The Morgan fingerprint density at radius 1 is 1.18 bits per heavy atom. The molecule has 1 unspecified atom stereocenters. The van der Waals surface area contributed by atoms with Crippen molar-refractivity contribution >= 4 is 23.5 Å². The summed E-state index contributed by atoms with van der Waals surface area (Å²) in [6.45, 7) is 1.05. The first kappa shape index (κ1) is 18.1. The Morgan fingerprint density at radius 2 is 2.04 bits per heavy atom. The van der Waals surface area contributed by atoms with Gasteiger partial charge in [0.2, 0.25) is 5.91 Å². The molecule has 0 saturated carbocycles. The molecule has 1 atom stereocenters. The van der Waals surface area contributed by atoms with Crippen LogP contribution in [0.1, 0.15) is 45.7 Å². The summed E-state index contributed by atoms with van der Waals surface area (Å²) in [5.74, 6) is -1.16. The molecule has 8 nitrogen and oxygen atoms in total. The summed E-state index contributed by atoms with van der Waals surface area (Å²) in [5, 5.41) is 11.9. The predicted octanol–water partition coefficient (Wildman–Crippen LogP) is 2.55. The van der Waals surface area contributed by atoms with Crippen molar-refractivity contribution in [3.8, 4) is 5.75 Å². The molecule has 0 aliphatic carbocycles. The first-order valence-corrected chi connectivity index (χ1v) is 9.22. The molecular weight excluding hydrogens is 364 g/mol. The number of hydrogen-bond donors (Lipinski definition) is 2. The zero-order chi connectivity index (χ0) is 19.7. The molecule has 8 heteroatoms. The van der Waals surface area contributed by atoms with Gasteiger partial charge in [-0.2, -0.15) is 0 Å². The maximum Gasteiger partial charge on any atom is 0.338 e. The lowest BCUT2D eigenvalue weighted by Gasteiger charge is -2.34. The van der Waals surface area contributed by atoms with E-state index in [0.717, 1.165) is 36.8 Å². The number of benzene rings is 1. The van der Waals surface area contributed by atoms with E-state index < -0.39 is 17.9 Å². The standard InChI is InChI=1S/C20H20N2O6/c23-18(21-14-4-5-16-12(9-14)6-8-27-16)15-3-1-2-7-22(15)19(24)17-10-13(11-28-17)20(25)26/h4-5,9-11,15H,1-3,6-8H2,(H,21,23)(H,25,26). The van der Waals surface area contributed by atoms with Crippen molar-refractivity contribution in [1.29, 1.82) is 0 Å². The van der Waals surface area contributed by atoms with E-state index in [-0.39, 0.29) is 17.2 Å². The molecule has 2 aliphatic rings. The monoisotopic (exact) mass is 384 g/mol. The summed E-state index contributed by atoms with van der Waals surface area (Å²) in [6, 6.07) is 6.06. The Labute approximate surface area is 161 Å². The summed E-state index contributed by atoms with van der Waals surface area (Å²) in [6.07, 6.45) is 3.98. The van der Waals surface area contributed by atoms with E-state index in [4.69, 9.17) is 14.3 Å². The van der Waals surface area contributed by atoms with E-state index >= 15 is 0 Å². The third-order valence-electron chi connectivity index (χ3n) is 5.08. The second-order valence-corrected chi connectivity index (χ2v) is 6.93. The van der Waals surface area contributed by atoms with Gasteiger partial charge in [-0.3, -0.25) is 9.59 Å². The topological polar surface area (TPSA) is 109 Å². The number of furan rings is 1. The Balaban J connectivity index is 1.50. The number of carbonyl (C=O) groups is 3. The molecule has 1 aromatic carbocycles. The van der Waals surface area contributed by atoms with E-state index in [1.54, 1.807) is 6.07 Å². The van der Waals surface area contributed by atoms with Gasteiger partial charge in [0.1, 0.15) is 18.1 Å². The number of fused-ring (bicyclic) bond motifs is 1. The molecule has 1 saturated heterocycles. The van der Waals surface area contributed by atoms with Crippen molar-refractivity contribution in [2.75, 3.05) is 18.5 Å². The van der Waals surface area contributed by atoms with Gasteiger partial charge in [-0.15, -0.1) is 0 Å². The highest BCUT2D eigenvalue weighted by Crippen LogP contribution is 2.28. The normalized spacial score (nSPS) is 18.3. The number of aromatic carboxylic acids is 1. The van der Waals surface area contributed by atoms with Crippen LogP contribution in [0.3, 0.4) is 0 Å². The minimum absolute atomic E-state index is 0.0771. The van der Waals surface area contributed by atoms with E-state index in [1.807, 2.05) is 12.1 Å². The van der Waals surface area contributed by atoms with Crippen LogP contribution in [-0.4, -0.2) is 47.0 Å². The zero-order valence-corrected chi connectivity index (χ0v) is 15.1. The van der Waals surface area contributed by atoms with Gasteiger partial charge in [-0.25, -0.2) is 4.79 Å². The van der Waals surface area contributed by atoms with Crippen LogP contribution in [0.15, 0.2) is 34.9 Å². The van der Waals surface area contributed by atoms with Crippen LogP contribution in [0.25, 0.3) is 0 Å². The van der Waals surface area contributed by atoms with E-state index in [1.165, 1.54) is 11.0 Å². The number of anilines is 1. The van der Waals surface area contributed by atoms with Gasteiger partial charge in [0.15, 0.2) is 5.76 Å². The van der Waals surface area contributed by atoms with Crippen molar-refractivity contribution < 1.29 is 28.6 Å². The fourth-order valence-corrected chi connectivity index (χ4v) is 3.64. The number of nitrogens with zero attached hydrogens (tertiary/aromatic N) is 1. The van der Waals surface area contributed by atoms with Gasteiger partial charge in [0.05, 0.1) is 12.2 Å². The van der Waals surface area contributed by atoms with E-state index in [9.17, 15) is 14.4 Å². The van der Waals surface area contributed by atoms with Gasteiger partial charge >= 0.3 is 5.97 Å². The third kappa shape index (κ3) is 3.45. The molecule has 0 bridgehead atoms. The number of likely N-dealkylation sites (tertiary alicyclic amines) is 1. The Bertz CT molecular complexity index is 935. The van der Waals surface area contributed by atoms with Crippen LogP contribution in [0.4, 0.5) is 5.69 Å². The van der Waals surface area contributed by atoms with Crippen LogP contribution in [0, 0.1) is 0 Å². The first-order valence-electron chi connectivity index (χ1n) is 9.22. The lowest BCUT2D eigenvalue weighted by molar-refractivity contribution is -0.121. The molecule has 2 N–H and O–H groups in total. The minimum atomic E-state index is -1.17. The summed E-state index contributed by atoms with van der Waals surface area (Å²) in [5.41, 5.74) is 1.62. The smallest absolute Gasteiger partial charge is 0.338 e. The van der Waals surface area contributed by atoms with Crippen LogP contribution < -0.4 is 10.1 Å². The Morgan fingerprint density at radius 3 is 2.82 bits per heavy atom. The lowest BCUT2D eigenvalue weighted by Crippen LogP contribution is -2.49. The molecule has 4 rings (SSSR count). The highest BCUT2D eigenvalue weighted by Gasteiger charge is 2.34. The summed E-state index contributed by atoms with van der Waals surface area (Å²) in [4.78, 5) is 38.1. The number of carbonyl (C=O) groups excluding carboxylic acids is 2. The second-order valence-electron chi connectivity index (χ2n) is 6.93. The highest BCUT2D eigenvalue weighted by atomic mass is 16.5. The molecule has 2 amide bonds. The van der Waals surface area contributed by atoms with Crippen molar-refractivity contribution in [2.24, 2.45) is 0 Å². The third-order valence-corrected chi connectivity index (χ3v) is 5.08. The maximum atomic E-state index is 12.9. The summed E-state index contributed by atoms with van der Waals surface area (Å²) < 4.78 is 10.6. The van der Waals surface area contributed by atoms with Crippen LogP contribution in [0.5, 0.6) is 5.75 Å². The number of hydrogen-bond acceptors (Lipinski definition) is 5. The predicted molar refractivity (Wildman–Crippen MR) is 98.6 cm³/mol. The number of nitrogens with one attached hydrogen (secondary N) is 1. The molecule has 2 aromatic rings. The number of ether oxygens (including phenoxy) is 1. The maximum absolute atomic E-state index is 12.9.